The molecule has 0 aliphatic rings. The Morgan fingerprint density at radius 1 is 1.03 bits per heavy atom. The lowest BCUT2D eigenvalue weighted by atomic mass is 9.92. The number of anilines is 1. The minimum absolute atomic E-state index is 0.179. The van der Waals surface area contributed by atoms with Crippen molar-refractivity contribution in [1.82, 2.24) is 14.7 Å². The second-order valence-corrected chi connectivity index (χ2v) is 9.75. The molecular weight excluding hydrogens is 472 g/mol. The van der Waals surface area contributed by atoms with Gasteiger partial charge in [-0.05, 0) is 36.8 Å². The summed E-state index contributed by atoms with van der Waals surface area (Å²) in [5.41, 5.74) is 2.85. The highest BCUT2D eigenvalue weighted by Gasteiger charge is 2.25. The van der Waals surface area contributed by atoms with Crippen molar-refractivity contribution in [1.29, 1.82) is 0 Å². The molecule has 0 saturated carbocycles. The molecule has 3 rings (SSSR count). The lowest BCUT2D eigenvalue weighted by molar-refractivity contribution is -0.117. The normalized spacial score (nSPS) is 11.2. The van der Waals surface area contributed by atoms with Crippen LogP contribution in [0, 0.1) is 6.92 Å². The summed E-state index contributed by atoms with van der Waals surface area (Å²) in [6.45, 7) is 8.51. The van der Waals surface area contributed by atoms with Crippen molar-refractivity contribution in [2.45, 2.75) is 33.1 Å². The topological polar surface area (TPSA) is 94.9 Å². The molecule has 0 fully saturated rings. The zero-order chi connectivity index (χ0) is 27.2. The molecular formula is C28H36N4O5. The summed E-state index contributed by atoms with van der Waals surface area (Å²) in [5.74, 6) is 0.746. The fourth-order valence-electron chi connectivity index (χ4n) is 3.75. The SMILES string of the molecule is COCCN(CC(=O)Nc1cc(C(C)(C)C)nn1-c1cccc(C)c1)C(=O)c1ccc(OC)cc1OC. The van der Waals surface area contributed by atoms with Gasteiger partial charge in [-0.25, -0.2) is 4.68 Å². The summed E-state index contributed by atoms with van der Waals surface area (Å²) in [7, 11) is 4.57. The van der Waals surface area contributed by atoms with E-state index in [2.05, 4.69) is 26.1 Å². The van der Waals surface area contributed by atoms with Gasteiger partial charge < -0.3 is 24.4 Å². The average Bonchev–Trinajstić information content (AvgIpc) is 3.30. The number of nitrogens with one attached hydrogen (secondary N) is 1. The second-order valence-electron chi connectivity index (χ2n) is 9.75. The van der Waals surface area contributed by atoms with Gasteiger partial charge in [0.05, 0.1) is 37.8 Å². The van der Waals surface area contributed by atoms with Gasteiger partial charge >= 0.3 is 0 Å². The third-order valence-electron chi connectivity index (χ3n) is 5.82. The molecule has 9 heteroatoms. The van der Waals surface area contributed by atoms with Crippen LogP contribution in [-0.4, -0.2) is 67.5 Å². The minimum atomic E-state index is -0.355. The number of aryl methyl sites for hydroxylation is 1. The van der Waals surface area contributed by atoms with E-state index in [-0.39, 0.29) is 36.9 Å². The fraction of sp³-hybridized carbons (Fsp3) is 0.393. The van der Waals surface area contributed by atoms with Crippen molar-refractivity contribution in [2.24, 2.45) is 0 Å². The third-order valence-corrected chi connectivity index (χ3v) is 5.82. The van der Waals surface area contributed by atoms with Gasteiger partial charge in [0.2, 0.25) is 5.91 Å². The average molecular weight is 509 g/mol. The molecule has 0 unspecified atom stereocenters. The number of hydrogen-bond donors (Lipinski definition) is 1. The molecule has 3 aromatic rings. The summed E-state index contributed by atoms with van der Waals surface area (Å²) in [4.78, 5) is 28.1. The Balaban J connectivity index is 1.89. The van der Waals surface area contributed by atoms with Gasteiger partial charge in [-0.2, -0.15) is 5.10 Å². The Hall–Kier alpha value is -3.85. The van der Waals surface area contributed by atoms with Gasteiger partial charge in [0, 0.05) is 31.2 Å². The zero-order valence-electron chi connectivity index (χ0n) is 22.6. The van der Waals surface area contributed by atoms with Crippen LogP contribution in [0.15, 0.2) is 48.5 Å². The van der Waals surface area contributed by atoms with Crippen LogP contribution in [-0.2, 0) is 14.9 Å². The number of nitrogens with zero attached hydrogens (tertiary/aromatic N) is 3. The number of rotatable bonds is 10. The van der Waals surface area contributed by atoms with Crippen LogP contribution in [0.1, 0.15) is 42.4 Å². The lowest BCUT2D eigenvalue weighted by Gasteiger charge is -2.23. The van der Waals surface area contributed by atoms with Crippen LogP contribution in [0.4, 0.5) is 5.82 Å². The number of methoxy groups -OCH3 is 3. The van der Waals surface area contributed by atoms with Crippen molar-refractivity contribution >= 4 is 17.6 Å². The van der Waals surface area contributed by atoms with Crippen LogP contribution in [0.5, 0.6) is 11.5 Å². The molecule has 0 radical (unpaired) electrons. The first-order chi connectivity index (χ1) is 17.6. The van der Waals surface area contributed by atoms with E-state index in [0.29, 0.717) is 22.9 Å². The van der Waals surface area contributed by atoms with Crippen molar-refractivity contribution in [2.75, 3.05) is 46.3 Å². The Labute approximate surface area is 218 Å². The number of aromatic nitrogens is 2. The van der Waals surface area contributed by atoms with Gasteiger partial charge in [0.1, 0.15) is 23.9 Å². The van der Waals surface area contributed by atoms with Gasteiger partial charge in [-0.15, -0.1) is 0 Å². The minimum Gasteiger partial charge on any atom is -0.497 e. The summed E-state index contributed by atoms with van der Waals surface area (Å²) in [5, 5.41) is 7.73. The van der Waals surface area contributed by atoms with E-state index in [1.165, 1.54) is 19.1 Å². The summed E-state index contributed by atoms with van der Waals surface area (Å²) < 4.78 is 17.5. The van der Waals surface area contributed by atoms with Crippen molar-refractivity contribution in [3.63, 3.8) is 0 Å². The number of amides is 2. The van der Waals surface area contributed by atoms with E-state index in [9.17, 15) is 9.59 Å². The number of benzene rings is 2. The van der Waals surface area contributed by atoms with Crippen LogP contribution >= 0.6 is 0 Å². The number of ether oxygens (including phenoxy) is 3. The maximum absolute atomic E-state index is 13.4. The third kappa shape index (κ3) is 6.89. The molecule has 1 heterocycles. The largest absolute Gasteiger partial charge is 0.497 e. The maximum Gasteiger partial charge on any atom is 0.258 e. The first-order valence-electron chi connectivity index (χ1n) is 12.0. The highest BCUT2D eigenvalue weighted by atomic mass is 16.5. The quantitative estimate of drug-likeness (QED) is 0.441. The lowest BCUT2D eigenvalue weighted by Crippen LogP contribution is -2.40. The van der Waals surface area contributed by atoms with Crippen molar-refractivity contribution < 1.29 is 23.8 Å². The van der Waals surface area contributed by atoms with Crippen molar-refractivity contribution in [3.8, 4) is 17.2 Å². The van der Waals surface area contributed by atoms with Crippen molar-refractivity contribution in [3.05, 3.63) is 65.4 Å². The molecule has 0 aliphatic carbocycles. The van der Waals surface area contributed by atoms with E-state index in [4.69, 9.17) is 19.3 Å². The summed E-state index contributed by atoms with van der Waals surface area (Å²) >= 11 is 0. The molecule has 198 valence electrons. The van der Waals surface area contributed by atoms with Crippen LogP contribution < -0.4 is 14.8 Å². The molecule has 37 heavy (non-hydrogen) atoms. The predicted molar refractivity (Wildman–Crippen MR) is 143 cm³/mol. The second kappa shape index (κ2) is 11.9. The molecule has 0 bridgehead atoms. The van der Waals surface area contributed by atoms with Crippen LogP contribution in [0.25, 0.3) is 5.69 Å². The van der Waals surface area contributed by atoms with Gasteiger partial charge in [-0.1, -0.05) is 32.9 Å². The van der Waals surface area contributed by atoms with Crippen LogP contribution in [0.2, 0.25) is 0 Å². The first kappa shape index (κ1) is 27.7. The van der Waals surface area contributed by atoms with E-state index in [1.54, 1.807) is 30.0 Å². The molecule has 0 aliphatic heterocycles. The monoisotopic (exact) mass is 508 g/mol. The molecule has 2 amide bonds. The number of carbonyl (C=O) groups is 2. The van der Waals surface area contributed by atoms with Crippen LogP contribution in [0.3, 0.4) is 0 Å². The molecule has 1 aromatic heterocycles. The van der Waals surface area contributed by atoms with E-state index >= 15 is 0 Å². The Kier molecular flexibility index (Phi) is 8.94. The summed E-state index contributed by atoms with van der Waals surface area (Å²) in [6.07, 6.45) is 0. The molecule has 9 nitrogen and oxygen atoms in total. The highest BCUT2D eigenvalue weighted by Crippen LogP contribution is 2.28. The summed E-state index contributed by atoms with van der Waals surface area (Å²) in [6, 6.07) is 14.7. The number of carbonyl (C=O) groups excluding carboxylic acids is 2. The van der Waals surface area contributed by atoms with E-state index < -0.39 is 0 Å². The highest BCUT2D eigenvalue weighted by molar-refractivity contribution is 6.01. The Morgan fingerprint density at radius 2 is 1.78 bits per heavy atom. The van der Waals surface area contributed by atoms with Gasteiger partial charge in [0.15, 0.2) is 0 Å². The zero-order valence-corrected chi connectivity index (χ0v) is 22.6. The Bertz CT molecular complexity index is 1250. The molecule has 2 aromatic carbocycles. The molecule has 0 spiro atoms. The fourth-order valence-corrected chi connectivity index (χ4v) is 3.75. The molecule has 1 N–H and O–H groups in total. The standard InChI is InChI=1S/C28H36N4O5/c1-19-9-8-10-20(15-19)32-25(17-24(30-32)28(2,3)4)29-26(33)18-31(13-14-35-5)27(34)22-12-11-21(36-6)16-23(22)37-7/h8-12,15-17H,13-14,18H2,1-7H3,(H,29,33). The smallest absolute Gasteiger partial charge is 0.258 e. The first-order valence-corrected chi connectivity index (χ1v) is 12.0. The predicted octanol–water partition coefficient (Wildman–Crippen LogP) is 4.22. The Morgan fingerprint density at radius 3 is 2.41 bits per heavy atom. The van der Waals surface area contributed by atoms with E-state index in [0.717, 1.165) is 16.9 Å². The molecule has 0 saturated heterocycles. The van der Waals surface area contributed by atoms with Gasteiger partial charge in [-0.3, -0.25) is 9.59 Å². The van der Waals surface area contributed by atoms with Gasteiger partial charge in [0.25, 0.3) is 5.91 Å². The number of hydrogen-bond acceptors (Lipinski definition) is 6. The maximum atomic E-state index is 13.4. The molecule has 0 atom stereocenters. The van der Waals surface area contributed by atoms with E-state index in [1.807, 2.05) is 37.3 Å².